The molecule has 158 valence electrons. The van der Waals surface area contributed by atoms with Gasteiger partial charge in [0.25, 0.3) is 0 Å². The van der Waals surface area contributed by atoms with Gasteiger partial charge in [-0.3, -0.25) is 4.79 Å². The maximum absolute atomic E-state index is 11.7. The highest BCUT2D eigenvalue weighted by Gasteiger charge is 2.71. The molecule has 8 atom stereocenters. The number of carbonyl (C=O) groups excluding carboxylic acids is 1. The van der Waals surface area contributed by atoms with Crippen molar-refractivity contribution < 1.29 is 19.0 Å². The van der Waals surface area contributed by atoms with Gasteiger partial charge in [0, 0.05) is 36.7 Å². The smallest absolute Gasteiger partial charge is 0.302 e. The van der Waals surface area contributed by atoms with Crippen molar-refractivity contribution in [3.8, 4) is 0 Å². The molecule has 2 heterocycles. The van der Waals surface area contributed by atoms with E-state index < -0.39 is 0 Å². The Bertz CT molecular complexity index is 662. The lowest BCUT2D eigenvalue weighted by Gasteiger charge is -2.71. The molecule has 0 N–H and O–H groups in total. The molecule has 8 unspecified atom stereocenters. The minimum atomic E-state index is -0.386. The molecule has 28 heavy (non-hydrogen) atoms. The summed E-state index contributed by atoms with van der Waals surface area (Å²) in [6.45, 7) is 9.66. The van der Waals surface area contributed by atoms with E-state index in [0.717, 1.165) is 31.3 Å². The fraction of sp³-hybridized carbons (Fsp3) is 0.958. The first-order valence-corrected chi connectivity index (χ1v) is 11.6. The molecule has 1 spiro atoms. The number of methoxy groups -OCH3 is 1. The number of esters is 1. The van der Waals surface area contributed by atoms with Crippen LogP contribution < -0.4 is 0 Å². The first-order chi connectivity index (χ1) is 13.2. The van der Waals surface area contributed by atoms with Crippen LogP contribution in [0.5, 0.6) is 0 Å². The van der Waals surface area contributed by atoms with Crippen LogP contribution in [0.15, 0.2) is 0 Å². The molecule has 0 amide bonds. The maximum atomic E-state index is 11.7. The molecule has 6 fully saturated rings. The van der Waals surface area contributed by atoms with Gasteiger partial charge in [0.1, 0.15) is 6.10 Å². The third-order valence-corrected chi connectivity index (χ3v) is 10.6. The van der Waals surface area contributed by atoms with Crippen LogP contribution in [0.2, 0.25) is 0 Å². The quantitative estimate of drug-likeness (QED) is 0.626. The second kappa shape index (κ2) is 5.97. The summed E-state index contributed by atoms with van der Waals surface area (Å²) in [4.78, 5) is 11.7. The molecule has 4 heteroatoms. The van der Waals surface area contributed by atoms with E-state index in [2.05, 4.69) is 20.8 Å². The molecule has 0 radical (unpaired) electrons. The van der Waals surface area contributed by atoms with E-state index in [4.69, 9.17) is 14.2 Å². The van der Waals surface area contributed by atoms with Crippen molar-refractivity contribution in [1.29, 1.82) is 0 Å². The van der Waals surface area contributed by atoms with Gasteiger partial charge in [-0.15, -0.1) is 0 Å². The van der Waals surface area contributed by atoms with Gasteiger partial charge < -0.3 is 14.2 Å². The Hall–Kier alpha value is -0.610. The van der Waals surface area contributed by atoms with E-state index in [0.29, 0.717) is 17.3 Å². The number of ether oxygens (including phenoxy) is 3. The van der Waals surface area contributed by atoms with E-state index in [1.54, 1.807) is 6.92 Å². The van der Waals surface area contributed by atoms with Crippen LogP contribution in [0.25, 0.3) is 0 Å². The fourth-order valence-electron chi connectivity index (χ4n) is 9.29. The second-order valence-corrected chi connectivity index (χ2v) is 11.4. The average molecular weight is 391 g/mol. The van der Waals surface area contributed by atoms with Gasteiger partial charge in [-0.05, 0) is 68.6 Å². The molecule has 2 aliphatic heterocycles. The Balaban J connectivity index is 1.46. The lowest BCUT2D eigenvalue weighted by Crippen LogP contribution is -2.71. The molecule has 0 aromatic carbocycles. The van der Waals surface area contributed by atoms with E-state index >= 15 is 0 Å². The van der Waals surface area contributed by atoms with Gasteiger partial charge in [-0.25, -0.2) is 0 Å². The first-order valence-electron chi connectivity index (χ1n) is 11.6. The summed E-state index contributed by atoms with van der Waals surface area (Å²) >= 11 is 0. The molecule has 0 aromatic rings. The Morgan fingerprint density at radius 1 is 0.964 bits per heavy atom. The average Bonchev–Trinajstić information content (AvgIpc) is 2.98. The topological polar surface area (TPSA) is 44.8 Å². The monoisotopic (exact) mass is 390 g/mol. The molecule has 4 aliphatic carbocycles. The summed E-state index contributed by atoms with van der Waals surface area (Å²) < 4.78 is 18.4. The van der Waals surface area contributed by atoms with Crippen LogP contribution in [0.1, 0.15) is 79.1 Å². The Morgan fingerprint density at radius 2 is 1.75 bits per heavy atom. The predicted octanol–water partition coefficient (Wildman–Crippen LogP) is 4.95. The molecular formula is C24H38O4. The van der Waals surface area contributed by atoms with E-state index in [1.165, 1.54) is 38.5 Å². The lowest BCUT2D eigenvalue weighted by molar-refractivity contribution is -0.398. The number of hydrogen-bond acceptors (Lipinski definition) is 4. The van der Waals surface area contributed by atoms with Crippen LogP contribution in [0.3, 0.4) is 0 Å². The van der Waals surface area contributed by atoms with Crippen LogP contribution in [0.4, 0.5) is 0 Å². The lowest BCUT2D eigenvalue weighted by atomic mass is 9.39. The predicted molar refractivity (Wildman–Crippen MR) is 106 cm³/mol. The second-order valence-electron chi connectivity index (χ2n) is 11.4. The normalized spacial score (nSPS) is 53.8. The summed E-state index contributed by atoms with van der Waals surface area (Å²) in [5.41, 5.74) is 0.569. The molecule has 6 aliphatic rings. The zero-order valence-electron chi connectivity index (χ0n) is 18.4. The molecule has 2 bridgehead atoms. The Morgan fingerprint density at radius 3 is 2.39 bits per heavy atom. The zero-order valence-corrected chi connectivity index (χ0v) is 18.4. The minimum absolute atomic E-state index is 0.0694. The Kier molecular flexibility index (Phi) is 4.13. The van der Waals surface area contributed by atoms with Crippen LogP contribution in [0, 0.1) is 39.9 Å². The van der Waals surface area contributed by atoms with Crippen molar-refractivity contribution in [2.24, 2.45) is 39.9 Å². The van der Waals surface area contributed by atoms with E-state index in [-0.39, 0.29) is 28.7 Å². The van der Waals surface area contributed by atoms with Gasteiger partial charge >= 0.3 is 5.97 Å². The third-order valence-electron chi connectivity index (χ3n) is 10.6. The summed E-state index contributed by atoms with van der Waals surface area (Å²) in [5, 5.41) is 0. The van der Waals surface area contributed by atoms with Gasteiger partial charge in [0.2, 0.25) is 0 Å². The largest absolute Gasteiger partial charge is 0.462 e. The minimum Gasteiger partial charge on any atom is -0.462 e. The van der Waals surface area contributed by atoms with Crippen LogP contribution >= 0.6 is 0 Å². The highest BCUT2D eigenvalue weighted by molar-refractivity contribution is 5.66. The van der Waals surface area contributed by atoms with Crippen molar-refractivity contribution in [2.45, 2.75) is 91.0 Å². The molecule has 4 nitrogen and oxygen atoms in total. The van der Waals surface area contributed by atoms with Crippen molar-refractivity contribution >= 4 is 5.97 Å². The molecule has 4 saturated carbocycles. The highest BCUT2D eigenvalue weighted by Crippen LogP contribution is 2.73. The molecular weight excluding hydrogens is 352 g/mol. The van der Waals surface area contributed by atoms with Gasteiger partial charge in [0.15, 0.2) is 5.79 Å². The number of rotatable bonds is 2. The van der Waals surface area contributed by atoms with Gasteiger partial charge in [-0.2, -0.15) is 0 Å². The van der Waals surface area contributed by atoms with Crippen LogP contribution in [-0.4, -0.2) is 31.6 Å². The van der Waals surface area contributed by atoms with Crippen LogP contribution in [-0.2, 0) is 19.0 Å². The van der Waals surface area contributed by atoms with E-state index in [1.807, 2.05) is 7.11 Å². The van der Waals surface area contributed by atoms with Gasteiger partial charge in [-0.1, -0.05) is 20.8 Å². The van der Waals surface area contributed by atoms with Crippen molar-refractivity contribution in [3.63, 3.8) is 0 Å². The first kappa shape index (κ1) is 19.4. The summed E-state index contributed by atoms with van der Waals surface area (Å²) in [5.74, 6) is 2.42. The molecule has 0 aromatic heterocycles. The Labute approximate surface area is 170 Å². The van der Waals surface area contributed by atoms with Gasteiger partial charge in [0.05, 0.1) is 6.61 Å². The number of hydrogen-bond donors (Lipinski definition) is 0. The zero-order chi connectivity index (χ0) is 19.9. The number of fused-ring (bicyclic) bond motifs is 5. The number of carbonyl (C=O) groups is 1. The van der Waals surface area contributed by atoms with Crippen molar-refractivity contribution in [2.75, 3.05) is 13.7 Å². The van der Waals surface area contributed by atoms with Crippen molar-refractivity contribution in [3.05, 3.63) is 0 Å². The third kappa shape index (κ3) is 2.17. The fourth-order valence-corrected chi connectivity index (χ4v) is 9.29. The maximum Gasteiger partial charge on any atom is 0.302 e. The summed E-state index contributed by atoms with van der Waals surface area (Å²) in [6.07, 6.45) is 9.78. The summed E-state index contributed by atoms with van der Waals surface area (Å²) in [7, 11) is 1.84. The molecule has 6 rings (SSSR count). The SMILES string of the molecule is COC12CCC3(CO1)C1CCC4(C)C(OC(C)=O)CCC4C1CCC3C2(C)C. The molecule has 2 saturated heterocycles. The summed E-state index contributed by atoms with van der Waals surface area (Å²) in [6, 6.07) is 0. The van der Waals surface area contributed by atoms with E-state index in [9.17, 15) is 4.79 Å². The standard InChI is InChI=1S/C24H38O4/c1-15(25)28-20-9-7-17-16-6-8-19-21(2,3)24(26-5)13-12-23(19,14-27-24)18(16)10-11-22(17,20)4/h16-20H,6-14H2,1-5H3. The highest BCUT2D eigenvalue weighted by atomic mass is 16.7. The van der Waals surface area contributed by atoms with Crippen molar-refractivity contribution in [1.82, 2.24) is 0 Å².